The van der Waals surface area contributed by atoms with Gasteiger partial charge in [-0.1, -0.05) is 24.3 Å². The molecule has 3 aromatic rings. The van der Waals surface area contributed by atoms with E-state index in [0.717, 1.165) is 11.4 Å². The maximum atomic E-state index is 12.5. The molecule has 2 aromatic heterocycles. The van der Waals surface area contributed by atoms with E-state index >= 15 is 0 Å². The highest BCUT2D eigenvalue weighted by atomic mass is 16.5. The van der Waals surface area contributed by atoms with Gasteiger partial charge in [0.05, 0.1) is 18.5 Å². The first-order valence-electron chi connectivity index (χ1n) is 8.24. The van der Waals surface area contributed by atoms with E-state index < -0.39 is 0 Å². The number of carbonyl (C=O) groups excluding carboxylic acids is 1. The number of hydrogen-bond acceptors (Lipinski definition) is 4. The van der Waals surface area contributed by atoms with Crippen LogP contribution in [0.2, 0.25) is 0 Å². The minimum atomic E-state index is -0.255. The molecule has 0 unspecified atom stereocenters. The molecule has 128 valence electrons. The van der Waals surface area contributed by atoms with E-state index in [1.165, 1.54) is 0 Å². The minimum Gasteiger partial charge on any atom is -0.490 e. The third-order valence-corrected chi connectivity index (χ3v) is 3.61. The summed E-state index contributed by atoms with van der Waals surface area (Å²) in [5, 5.41) is 7.26. The van der Waals surface area contributed by atoms with Gasteiger partial charge in [-0.3, -0.25) is 9.78 Å². The predicted molar refractivity (Wildman–Crippen MR) is 95.0 cm³/mol. The van der Waals surface area contributed by atoms with E-state index in [1.54, 1.807) is 17.1 Å². The number of amides is 1. The third kappa shape index (κ3) is 4.23. The Labute approximate surface area is 146 Å². The van der Waals surface area contributed by atoms with Gasteiger partial charge in [0, 0.05) is 24.9 Å². The lowest BCUT2D eigenvalue weighted by molar-refractivity contribution is 0.0945. The molecule has 1 aromatic carbocycles. The standard InChI is InChI=1S/C19H20N4O2/c1-2-25-17-14-23(16-9-4-3-5-10-16)22-18(17)19(24)21-13-11-15-8-6-7-12-20-15/h3-10,12,14H,2,11,13H2,1H3,(H,21,24). The number of nitrogens with zero attached hydrogens (tertiary/aromatic N) is 3. The van der Waals surface area contributed by atoms with Gasteiger partial charge in [-0.15, -0.1) is 0 Å². The SMILES string of the molecule is CCOc1cn(-c2ccccc2)nc1C(=O)NCCc1ccccn1. The number of benzene rings is 1. The molecule has 0 atom stereocenters. The number of aromatic nitrogens is 3. The fourth-order valence-electron chi connectivity index (χ4n) is 2.42. The number of nitrogens with one attached hydrogen (secondary N) is 1. The molecule has 1 N–H and O–H groups in total. The Bertz CT molecular complexity index is 816. The summed E-state index contributed by atoms with van der Waals surface area (Å²) in [5.74, 6) is 0.218. The summed E-state index contributed by atoms with van der Waals surface area (Å²) in [5.41, 5.74) is 2.09. The zero-order chi connectivity index (χ0) is 17.5. The average molecular weight is 336 g/mol. The molecule has 0 radical (unpaired) electrons. The molecule has 0 saturated heterocycles. The summed E-state index contributed by atoms with van der Waals surface area (Å²) in [6, 6.07) is 15.3. The van der Waals surface area contributed by atoms with E-state index in [0.29, 0.717) is 25.3 Å². The van der Waals surface area contributed by atoms with Crippen molar-refractivity contribution in [1.29, 1.82) is 0 Å². The molecule has 0 bridgehead atoms. The first-order valence-corrected chi connectivity index (χ1v) is 8.24. The second kappa shape index (κ2) is 8.10. The van der Waals surface area contributed by atoms with Crippen molar-refractivity contribution in [3.8, 4) is 11.4 Å². The van der Waals surface area contributed by atoms with Crippen LogP contribution in [0.1, 0.15) is 23.1 Å². The number of ether oxygens (including phenoxy) is 1. The Balaban J connectivity index is 1.71. The van der Waals surface area contributed by atoms with Crippen LogP contribution in [-0.4, -0.2) is 33.8 Å². The number of carbonyl (C=O) groups is 1. The van der Waals surface area contributed by atoms with E-state index in [-0.39, 0.29) is 11.6 Å². The zero-order valence-corrected chi connectivity index (χ0v) is 14.1. The van der Waals surface area contributed by atoms with Gasteiger partial charge in [0.1, 0.15) is 0 Å². The van der Waals surface area contributed by atoms with E-state index in [2.05, 4.69) is 15.4 Å². The van der Waals surface area contributed by atoms with Gasteiger partial charge in [0.15, 0.2) is 11.4 Å². The molecule has 25 heavy (non-hydrogen) atoms. The largest absolute Gasteiger partial charge is 0.490 e. The molecule has 0 aliphatic heterocycles. The first kappa shape index (κ1) is 16.7. The van der Waals surface area contributed by atoms with Gasteiger partial charge in [-0.05, 0) is 31.2 Å². The summed E-state index contributed by atoms with van der Waals surface area (Å²) in [7, 11) is 0. The van der Waals surface area contributed by atoms with Gasteiger partial charge in [0.25, 0.3) is 5.91 Å². The van der Waals surface area contributed by atoms with Gasteiger partial charge >= 0.3 is 0 Å². The molecular formula is C19H20N4O2. The van der Waals surface area contributed by atoms with E-state index in [4.69, 9.17) is 4.74 Å². The van der Waals surface area contributed by atoms with Gasteiger partial charge in [0.2, 0.25) is 0 Å². The fraction of sp³-hybridized carbons (Fsp3) is 0.211. The normalized spacial score (nSPS) is 10.4. The van der Waals surface area contributed by atoms with Crippen LogP contribution in [0.5, 0.6) is 5.75 Å². The summed E-state index contributed by atoms with van der Waals surface area (Å²) >= 11 is 0. The van der Waals surface area contributed by atoms with E-state index in [9.17, 15) is 4.79 Å². The first-order chi connectivity index (χ1) is 12.3. The molecule has 6 heteroatoms. The maximum Gasteiger partial charge on any atom is 0.275 e. The van der Waals surface area contributed by atoms with Crippen molar-refractivity contribution in [2.24, 2.45) is 0 Å². The number of rotatable bonds is 7. The topological polar surface area (TPSA) is 69.0 Å². The Hall–Kier alpha value is -3.15. The van der Waals surface area contributed by atoms with E-state index in [1.807, 2.05) is 55.5 Å². The fourth-order valence-corrected chi connectivity index (χ4v) is 2.42. The summed E-state index contributed by atoms with van der Waals surface area (Å²) in [6.07, 6.45) is 4.13. The van der Waals surface area contributed by atoms with Crippen LogP contribution >= 0.6 is 0 Å². The second-order valence-corrected chi connectivity index (χ2v) is 5.38. The lowest BCUT2D eigenvalue weighted by atomic mass is 10.2. The molecule has 0 aliphatic rings. The van der Waals surface area contributed by atoms with Crippen molar-refractivity contribution in [2.75, 3.05) is 13.2 Å². The smallest absolute Gasteiger partial charge is 0.275 e. The molecule has 0 fully saturated rings. The molecule has 3 rings (SSSR count). The Morgan fingerprint density at radius 2 is 1.96 bits per heavy atom. The van der Waals surface area contributed by atoms with Crippen molar-refractivity contribution < 1.29 is 9.53 Å². The van der Waals surface area contributed by atoms with Crippen LogP contribution < -0.4 is 10.1 Å². The average Bonchev–Trinajstić information content (AvgIpc) is 3.08. The highest BCUT2D eigenvalue weighted by Crippen LogP contribution is 2.19. The molecule has 0 saturated carbocycles. The lowest BCUT2D eigenvalue weighted by Gasteiger charge is -2.05. The quantitative estimate of drug-likeness (QED) is 0.720. The minimum absolute atomic E-state index is 0.255. The second-order valence-electron chi connectivity index (χ2n) is 5.38. The van der Waals surface area contributed by atoms with Crippen molar-refractivity contribution >= 4 is 5.91 Å². The summed E-state index contributed by atoms with van der Waals surface area (Å²) in [6.45, 7) is 2.83. The molecular weight excluding hydrogens is 316 g/mol. The highest BCUT2D eigenvalue weighted by Gasteiger charge is 2.18. The Kier molecular flexibility index (Phi) is 5.41. The molecule has 2 heterocycles. The monoisotopic (exact) mass is 336 g/mol. The van der Waals surface area contributed by atoms with Gasteiger partial charge in [-0.2, -0.15) is 5.10 Å². The van der Waals surface area contributed by atoms with Crippen LogP contribution in [0, 0.1) is 0 Å². The maximum absolute atomic E-state index is 12.5. The van der Waals surface area contributed by atoms with Crippen LogP contribution in [0.3, 0.4) is 0 Å². The Morgan fingerprint density at radius 1 is 1.16 bits per heavy atom. The highest BCUT2D eigenvalue weighted by molar-refractivity contribution is 5.94. The molecule has 0 aliphatic carbocycles. The van der Waals surface area contributed by atoms with Crippen LogP contribution in [-0.2, 0) is 6.42 Å². The van der Waals surface area contributed by atoms with Crippen LogP contribution in [0.15, 0.2) is 60.9 Å². The molecule has 6 nitrogen and oxygen atoms in total. The lowest BCUT2D eigenvalue weighted by Crippen LogP contribution is -2.27. The number of para-hydroxylation sites is 1. The number of pyridine rings is 1. The predicted octanol–water partition coefficient (Wildman–Crippen LogP) is 2.64. The summed E-state index contributed by atoms with van der Waals surface area (Å²) in [4.78, 5) is 16.7. The number of hydrogen-bond donors (Lipinski definition) is 1. The zero-order valence-electron chi connectivity index (χ0n) is 14.1. The van der Waals surface area contributed by atoms with Crippen molar-refractivity contribution in [2.45, 2.75) is 13.3 Å². The van der Waals surface area contributed by atoms with Gasteiger partial charge in [-0.25, -0.2) is 4.68 Å². The van der Waals surface area contributed by atoms with Gasteiger partial charge < -0.3 is 10.1 Å². The Morgan fingerprint density at radius 3 is 2.68 bits per heavy atom. The van der Waals surface area contributed by atoms with Crippen molar-refractivity contribution in [1.82, 2.24) is 20.1 Å². The molecule has 1 amide bonds. The van der Waals surface area contributed by atoms with Crippen LogP contribution in [0.25, 0.3) is 5.69 Å². The molecule has 0 spiro atoms. The van der Waals surface area contributed by atoms with Crippen molar-refractivity contribution in [3.05, 3.63) is 72.3 Å². The third-order valence-electron chi connectivity index (χ3n) is 3.61. The van der Waals surface area contributed by atoms with Crippen LogP contribution in [0.4, 0.5) is 0 Å². The van der Waals surface area contributed by atoms with Crippen molar-refractivity contribution in [3.63, 3.8) is 0 Å². The summed E-state index contributed by atoms with van der Waals surface area (Å²) < 4.78 is 7.22.